The van der Waals surface area contributed by atoms with Crippen LogP contribution in [-0.2, 0) is 16.4 Å². The molecule has 0 saturated carbocycles. The molecule has 2 heterocycles. The Balaban J connectivity index is 1.93. The van der Waals surface area contributed by atoms with Crippen LogP contribution in [0.25, 0.3) is 10.9 Å². The molecule has 1 aliphatic heterocycles. The first-order valence-electron chi connectivity index (χ1n) is 8.45. The van der Waals surface area contributed by atoms with Crippen LogP contribution in [0, 0.1) is 13.8 Å². The molecule has 4 rings (SSSR count). The van der Waals surface area contributed by atoms with Crippen LogP contribution in [-0.4, -0.2) is 19.9 Å². The van der Waals surface area contributed by atoms with Gasteiger partial charge in [-0.15, -0.1) is 0 Å². The molecule has 25 heavy (non-hydrogen) atoms. The van der Waals surface area contributed by atoms with Crippen molar-refractivity contribution in [3.63, 3.8) is 0 Å². The Morgan fingerprint density at radius 3 is 2.72 bits per heavy atom. The Hall–Kier alpha value is -2.40. The van der Waals surface area contributed by atoms with Gasteiger partial charge in [-0.2, -0.15) is 0 Å². The minimum absolute atomic E-state index is 0.276. The first-order valence-corrected chi connectivity index (χ1v) is 9.89. The average Bonchev–Trinajstić information content (AvgIpc) is 2.60. The predicted octanol–water partition coefficient (Wildman–Crippen LogP) is 3.99. The van der Waals surface area contributed by atoms with Gasteiger partial charge in [0.05, 0.1) is 11.2 Å². The summed E-state index contributed by atoms with van der Waals surface area (Å²) < 4.78 is 28.5. The van der Waals surface area contributed by atoms with Gasteiger partial charge >= 0.3 is 0 Å². The molecular formula is C20H20N2O2S. The van der Waals surface area contributed by atoms with Gasteiger partial charge in [-0.1, -0.05) is 35.9 Å². The van der Waals surface area contributed by atoms with E-state index in [4.69, 9.17) is 0 Å². The quantitative estimate of drug-likeness (QED) is 0.701. The fourth-order valence-electron chi connectivity index (χ4n) is 3.76. The van der Waals surface area contributed by atoms with Gasteiger partial charge in [-0.05, 0) is 49.9 Å². The van der Waals surface area contributed by atoms with Gasteiger partial charge in [-0.25, -0.2) is 8.42 Å². The minimum Gasteiger partial charge on any atom is -0.266 e. The molecule has 128 valence electrons. The highest BCUT2D eigenvalue weighted by Gasteiger charge is 2.31. The number of hydrogen-bond donors (Lipinski definition) is 0. The van der Waals surface area contributed by atoms with E-state index in [0.717, 1.165) is 35.0 Å². The normalized spacial score (nSPS) is 14.6. The van der Waals surface area contributed by atoms with Crippen molar-refractivity contribution in [1.29, 1.82) is 0 Å². The zero-order valence-corrected chi connectivity index (χ0v) is 15.2. The molecule has 0 unspecified atom stereocenters. The average molecular weight is 352 g/mol. The summed E-state index contributed by atoms with van der Waals surface area (Å²) in [4.78, 5) is 4.61. The molecule has 0 radical (unpaired) electrons. The van der Waals surface area contributed by atoms with Gasteiger partial charge in [0.25, 0.3) is 10.0 Å². The first-order chi connectivity index (χ1) is 12.0. The Morgan fingerprint density at radius 2 is 1.88 bits per heavy atom. The van der Waals surface area contributed by atoms with Crippen LogP contribution >= 0.6 is 0 Å². The van der Waals surface area contributed by atoms with Gasteiger partial charge in [0.1, 0.15) is 4.90 Å². The van der Waals surface area contributed by atoms with Gasteiger partial charge in [0, 0.05) is 18.1 Å². The Labute approximate surface area is 148 Å². The van der Waals surface area contributed by atoms with E-state index in [2.05, 4.69) is 18.0 Å². The number of nitrogens with zero attached hydrogens (tertiary/aromatic N) is 2. The molecule has 0 fully saturated rings. The summed E-state index contributed by atoms with van der Waals surface area (Å²) in [6, 6.07) is 13.2. The highest BCUT2D eigenvalue weighted by atomic mass is 32.2. The third kappa shape index (κ3) is 2.59. The van der Waals surface area contributed by atoms with Crippen LogP contribution in [0.5, 0.6) is 0 Å². The molecule has 4 nitrogen and oxygen atoms in total. The van der Waals surface area contributed by atoms with E-state index in [1.807, 2.05) is 31.2 Å². The lowest BCUT2D eigenvalue weighted by Crippen LogP contribution is -2.36. The minimum atomic E-state index is -3.67. The van der Waals surface area contributed by atoms with E-state index in [1.54, 1.807) is 22.6 Å². The van der Waals surface area contributed by atoms with Crippen LogP contribution in [0.4, 0.5) is 5.69 Å². The largest absolute Gasteiger partial charge is 0.266 e. The van der Waals surface area contributed by atoms with Crippen LogP contribution < -0.4 is 4.31 Å². The van der Waals surface area contributed by atoms with Crippen molar-refractivity contribution in [1.82, 2.24) is 4.98 Å². The summed E-state index contributed by atoms with van der Waals surface area (Å²) in [5.41, 5.74) is 4.65. The highest BCUT2D eigenvalue weighted by Crippen LogP contribution is 2.36. The van der Waals surface area contributed by atoms with Crippen molar-refractivity contribution in [2.75, 3.05) is 10.8 Å². The van der Waals surface area contributed by atoms with Crippen LogP contribution in [0.15, 0.2) is 53.6 Å². The maximum atomic E-state index is 13.5. The van der Waals surface area contributed by atoms with E-state index in [1.165, 1.54) is 5.56 Å². The van der Waals surface area contributed by atoms with Crippen molar-refractivity contribution in [2.24, 2.45) is 0 Å². The number of benzene rings is 2. The number of para-hydroxylation sites is 1. The lowest BCUT2D eigenvalue weighted by molar-refractivity contribution is 0.587. The monoisotopic (exact) mass is 352 g/mol. The molecule has 0 amide bonds. The third-order valence-electron chi connectivity index (χ3n) is 4.74. The zero-order chi connectivity index (χ0) is 17.6. The highest BCUT2D eigenvalue weighted by molar-refractivity contribution is 7.93. The Morgan fingerprint density at radius 1 is 1.08 bits per heavy atom. The molecule has 1 aromatic heterocycles. The fourth-order valence-corrected chi connectivity index (χ4v) is 5.54. The lowest BCUT2D eigenvalue weighted by Gasteiger charge is -2.32. The molecule has 0 spiro atoms. The molecular weight excluding hydrogens is 332 g/mol. The number of fused-ring (bicyclic) bond motifs is 2. The van der Waals surface area contributed by atoms with Gasteiger partial charge in [0.2, 0.25) is 0 Å². The van der Waals surface area contributed by atoms with E-state index in [9.17, 15) is 8.42 Å². The number of aryl methyl sites for hydroxylation is 3. The van der Waals surface area contributed by atoms with Crippen molar-refractivity contribution >= 4 is 26.6 Å². The summed E-state index contributed by atoms with van der Waals surface area (Å²) in [5, 5.41) is 0.835. The Kier molecular flexibility index (Phi) is 3.76. The second kappa shape index (κ2) is 5.85. The standard InChI is InChI=1S/C20H20N2O2S/c1-14-12-15(2)20-17(13-14)8-5-11-22(20)25(23,24)18-9-3-6-16-7-4-10-21-19(16)18/h3-4,6-7,9-10,12-13H,5,8,11H2,1-2H3. The van der Waals surface area contributed by atoms with Crippen molar-refractivity contribution < 1.29 is 8.42 Å². The number of rotatable bonds is 2. The predicted molar refractivity (Wildman–Crippen MR) is 101 cm³/mol. The van der Waals surface area contributed by atoms with Crippen molar-refractivity contribution in [3.8, 4) is 0 Å². The molecule has 0 atom stereocenters. The number of sulfonamides is 1. The molecule has 0 bridgehead atoms. The van der Waals surface area contributed by atoms with E-state index in [-0.39, 0.29) is 4.90 Å². The maximum absolute atomic E-state index is 13.5. The molecule has 0 saturated heterocycles. The summed E-state index contributed by atoms with van der Waals surface area (Å²) >= 11 is 0. The number of anilines is 1. The van der Waals surface area contributed by atoms with Crippen LogP contribution in [0.1, 0.15) is 23.1 Å². The smallest absolute Gasteiger partial charge is 0.266 e. The first kappa shape index (κ1) is 16.1. The molecule has 0 N–H and O–H groups in total. The van der Waals surface area contributed by atoms with Gasteiger partial charge in [-0.3, -0.25) is 9.29 Å². The molecule has 1 aliphatic rings. The zero-order valence-electron chi connectivity index (χ0n) is 14.4. The van der Waals surface area contributed by atoms with E-state index < -0.39 is 10.0 Å². The number of hydrogen-bond acceptors (Lipinski definition) is 3. The summed E-state index contributed by atoms with van der Waals surface area (Å²) in [6.07, 6.45) is 3.38. The van der Waals surface area contributed by atoms with E-state index >= 15 is 0 Å². The second-order valence-corrected chi connectivity index (χ2v) is 8.43. The van der Waals surface area contributed by atoms with Crippen molar-refractivity contribution in [2.45, 2.75) is 31.6 Å². The summed E-state index contributed by atoms with van der Waals surface area (Å²) in [5.74, 6) is 0. The Bertz CT molecular complexity index is 1070. The molecule has 2 aromatic carbocycles. The molecule has 3 aromatic rings. The van der Waals surface area contributed by atoms with Crippen LogP contribution in [0.2, 0.25) is 0 Å². The lowest BCUT2D eigenvalue weighted by atomic mass is 9.97. The van der Waals surface area contributed by atoms with E-state index in [0.29, 0.717) is 12.1 Å². The fraction of sp³-hybridized carbons (Fsp3) is 0.250. The summed E-state index contributed by atoms with van der Waals surface area (Å²) in [7, 11) is -3.67. The summed E-state index contributed by atoms with van der Waals surface area (Å²) in [6.45, 7) is 4.54. The molecule has 5 heteroatoms. The van der Waals surface area contributed by atoms with Crippen LogP contribution in [0.3, 0.4) is 0 Å². The third-order valence-corrected chi connectivity index (χ3v) is 6.57. The topological polar surface area (TPSA) is 50.3 Å². The van der Waals surface area contributed by atoms with Gasteiger partial charge in [0.15, 0.2) is 0 Å². The second-order valence-electron chi connectivity index (χ2n) is 6.60. The SMILES string of the molecule is Cc1cc(C)c2c(c1)CCCN2S(=O)(=O)c1cccc2cccnc12. The maximum Gasteiger partial charge on any atom is 0.266 e. The molecule has 0 aliphatic carbocycles. The van der Waals surface area contributed by atoms with Gasteiger partial charge < -0.3 is 0 Å². The number of aromatic nitrogens is 1. The van der Waals surface area contributed by atoms with Crippen molar-refractivity contribution in [3.05, 3.63) is 65.4 Å². The number of pyridine rings is 1.